The van der Waals surface area contributed by atoms with Crippen LogP contribution >= 0.6 is 0 Å². The summed E-state index contributed by atoms with van der Waals surface area (Å²) in [5, 5.41) is 1.36. The first-order valence-electron chi connectivity index (χ1n) is 10.3. The van der Waals surface area contributed by atoms with Crippen molar-refractivity contribution in [3.8, 4) is 0 Å². The molecule has 4 rings (SSSR count). The first kappa shape index (κ1) is 18.5. The Morgan fingerprint density at radius 3 is 2.56 bits per heavy atom. The predicted octanol–water partition coefficient (Wildman–Crippen LogP) is 2.65. The molecule has 0 bridgehead atoms. The van der Waals surface area contributed by atoms with Gasteiger partial charge in [-0.1, -0.05) is 18.2 Å². The second kappa shape index (κ2) is 7.64. The third kappa shape index (κ3) is 3.50. The molecule has 1 aromatic carbocycles. The molecular weight excluding hydrogens is 336 g/mol. The van der Waals surface area contributed by atoms with E-state index >= 15 is 0 Å². The van der Waals surface area contributed by atoms with Crippen LogP contribution in [0, 0.1) is 0 Å². The Balaban J connectivity index is 1.55. The van der Waals surface area contributed by atoms with Crippen LogP contribution in [0.1, 0.15) is 37.1 Å². The van der Waals surface area contributed by atoms with Crippen LogP contribution in [0.3, 0.4) is 0 Å². The van der Waals surface area contributed by atoms with E-state index in [-0.39, 0.29) is 11.9 Å². The van der Waals surface area contributed by atoms with Gasteiger partial charge in [0.1, 0.15) is 0 Å². The van der Waals surface area contributed by atoms with Crippen LogP contribution in [0.4, 0.5) is 0 Å². The summed E-state index contributed by atoms with van der Waals surface area (Å²) < 4.78 is 2.33. The van der Waals surface area contributed by atoms with E-state index in [2.05, 4.69) is 57.6 Å². The van der Waals surface area contributed by atoms with Gasteiger partial charge in [-0.25, -0.2) is 0 Å². The highest BCUT2D eigenvalue weighted by atomic mass is 16.2. The number of aryl methyl sites for hydroxylation is 1. The van der Waals surface area contributed by atoms with E-state index in [4.69, 9.17) is 0 Å². The standard InChI is InChI=1S/C22H32N4O/c1-17(27)26-12-10-19-18-7-4-5-8-20(18)24(3)22(19)21(26)9-6-11-25-15-13-23(2)14-16-25/h4-5,7-8,21H,6,9-16H2,1-3H3. The third-order valence-electron chi connectivity index (χ3n) is 6.51. The lowest BCUT2D eigenvalue weighted by molar-refractivity contribution is -0.132. The van der Waals surface area contributed by atoms with E-state index < -0.39 is 0 Å². The van der Waals surface area contributed by atoms with Gasteiger partial charge in [-0.05, 0) is 44.5 Å². The first-order chi connectivity index (χ1) is 13.1. The van der Waals surface area contributed by atoms with Gasteiger partial charge in [0.25, 0.3) is 0 Å². The number of carbonyl (C=O) groups excluding carboxylic acids is 1. The molecule has 2 aliphatic heterocycles. The number of carbonyl (C=O) groups is 1. The van der Waals surface area contributed by atoms with E-state index in [1.807, 2.05) is 0 Å². The monoisotopic (exact) mass is 368 g/mol. The average molecular weight is 369 g/mol. The average Bonchev–Trinajstić information content (AvgIpc) is 2.96. The van der Waals surface area contributed by atoms with Crippen molar-refractivity contribution in [3.63, 3.8) is 0 Å². The minimum absolute atomic E-state index is 0.204. The summed E-state index contributed by atoms with van der Waals surface area (Å²) in [6.45, 7) is 8.35. The van der Waals surface area contributed by atoms with Crippen LogP contribution in [0.2, 0.25) is 0 Å². The maximum atomic E-state index is 12.3. The molecule has 1 aromatic heterocycles. The number of hydrogen-bond acceptors (Lipinski definition) is 3. The Morgan fingerprint density at radius 1 is 1.07 bits per heavy atom. The number of aromatic nitrogens is 1. The Morgan fingerprint density at radius 2 is 1.81 bits per heavy atom. The van der Waals surface area contributed by atoms with Crippen molar-refractivity contribution in [3.05, 3.63) is 35.5 Å². The molecule has 1 atom stereocenters. The molecule has 27 heavy (non-hydrogen) atoms. The second-order valence-corrected chi connectivity index (χ2v) is 8.21. The fourth-order valence-electron chi connectivity index (χ4n) is 4.96. The highest BCUT2D eigenvalue weighted by Crippen LogP contribution is 2.38. The van der Waals surface area contributed by atoms with E-state index in [0.717, 1.165) is 58.5 Å². The molecule has 3 heterocycles. The molecule has 1 amide bonds. The normalized spacial score (nSPS) is 21.6. The van der Waals surface area contributed by atoms with Crippen LogP contribution in [-0.2, 0) is 18.3 Å². The Hall–Kier alpha value is -1.85. The smallest absolute Gasteiger partial charge is 0.220 e. The van der Waals surface area contributed by atoms with Crippen LogP contribution in [0.15, 0.2) is 24.3 Å². The lowest BCUT2D eigenvalue weighted by Crippen LogP contribution is -2.45. The molecular formula is C22H32N4O. The van der Waals surface area contributed by atoms with E-state index in [1.54, 1.807) is 6.92 Å². The fourth-order valence-corrected chi connectivity index (χ4v) is 4.96. The first-order valence-corrected chi connectivity index (χ1v) is 10.3. The lowest BCUT2D eigenvalue weighted by Gasteiger charge is -2.37. The van der Waals surface area contributed by atoms with Gasteiger partial charge in [0.15, 0.2) is 0 Å². The van der Waals surface area contributed by atoms with Crippen molar-refractivity contribution < 1.29 is 4.79 Å². The Bertz CT molecular complexity index is 819. The Kier molecular flexibility index (Phi) is 5.24. The van der Waals surface area contributed by atoms with Gasteiger partial charge in [0, 0.05) is 63.3 Å². The molecule has 1 fully saturated rings. The molecule has 1 unspecified atom stereocenters. The molecule has 0 saturated carbocycles. The fraction of sp³-hybridized carbons (Fsp3) is 0.591. The number of nitrogens with zero attached hydrogens (tertiary/aromatic N) is 4. The quantitative estimate of drug-likeness (QED) is 0.832. The zero-order valence-corrected chi connectivity index (χ0v) is 16.9. The minimum Gasteiger partial charge on any atom is -0.346 e. The molecule has 0 aliphatic carbocycles. The number of benzene rings is 1. The van der Waals surface area contributed by atoms with Crippen molar-refractivity contribution in [1.82, 2.24) is 19.3 Å². The van der Waals surface area contributed by atoms with Crippen LogP contribution < -0.4 is 0 Å². The van der Waals surface area contributed by atoms with Crippen molar-refractivity contribution in [2.75, 3.05) is 46.3 Å². The maximum absolute atomic E-state index is 12.3. The summed E-state index contributed by atoms with van der Waals surface area (Å²) in [5.41, 5.74) is 4.10. The summed E-state index contributed by atoms with van der Waals surface area (Å²) in [4.78, 5) is 19.4. The van der Waals surface area contributed by atoms with Gasteiger partial charge in [0.2, 0.25) is 5.91 Å². The van der Waals surface area contributed by atoms with E-state index in [0.29, 0.717) is 0 Å². The highest BCUT2D eigenvalue weighted by molar-refractivity contribution is 5.86. The van der Waals surface area contributed by atoms with Crippen molar-refractivity contribution in [1.29, 1.82) is 0 Å². The minimum atomic E-state index is 0.204. The molecule has 0 spiro atoms. The van der Waals surface area contributed by atoms with Crippen LogP contribution in [0.25, 0.3) is 10.9 Å². The van der Waals surface area contributed by atoms with Crippen LogP contribution in [-0.4, -0.2) is 71.5 Å². The van der Waals surface area contributed by atoms with Gasteiger partial charge in [-0.15, -0.1) is 0 Å². The van der Waals surface area contributed by atoms with Crippen molar-refractivity contribution in [2.45, 2.75) is 32.2 Å². The number of fused-ring (bicyclic) bond motifs is 3. The van der Waals surface area contributed by atoms with E-state index in [9.17, 15) is 4.79 Å². The summed E-state index contributed by atoms with van der Waals surface area (Å²) >= 11 is 0. The maximum Gasteiger partial charge on any atom is 0.220 e. The topological polar surface area (TPSA) is 31.7 Å². The highest BCUT2D eigenvalue weighted by Gasteiger charge is 2.33. The van der Waals surface area contributed by atoms with Gasteiger partial charge in [-0.2, -0.15) is 0 Å². The molecule has 5 nitrogen and oxygen atoms in total. The molecule has 146 valence electrons. The molecule has 5 heteroatoms. The van der Waals surface area contributed by atoms with Crippen molar-refractivity contribution in [2.24, 2.45) is 7.05 Å². The predicted molar refractivity (Wildman–Crippen MR) is 110 cm³/mol. The number of likely N-dealkylation sites (N-methyl/N-ethyl adjacent to an activating group) is 1. The zero-order valence-electron chi connectivity index (χ0n) is 16.9. The van der Waals surface area contributed by atoms with Gasteiger partial charge in [-0.3, -0.25) is 4.79 Å². The van der Waals surface area contributed by atoms with Gasteiger partial charge in [0.05, 0.1) is 6.04 Å². The molecule has 0 N–H and O–H groups in total. The van der Waals surface area contributed by atoms with Crippen LogP contribution in [0.5, 0.6) is 0 Å². The zero-order chi connectivity index (χ0) is 19.0. The molecule has 1 saturated heterocycles. The molecule has 0 radical (unpaired) electrons. The van der Waals surface area contributed by atoms with Gasteiger partial charge < -0.3 is 19.3 Å². The van der Waals surface area contributed by atoms with Gasteiger partial charge >= 0.3 is 0 Å². The van der Waals surface area contributed by atoms with E-state index in [1.165, 1.54) is 22.2 Å². The number of amides is 1. The van der Waals surface area contributed by atoms with Crippen molar-refractivity contribution >= 4 is 16.8 Å². The molecule has 2 aliphatic rings. The summed E-state index contributed by atoms with van der Waals surface area (Å²) in [6.07, 6.45) is 3.15. The number of hydrogen-bond donors (Lipinski definition) is 0. The summed E-state index contributed by atoms with van der Waals surface area (Å²) in [7, 11) is 4.37. The lowest BCUT2D eigenvalue weighted by atomic mass is 9.94. The second-order valence-electron chi connectivity index (χ2n) is 8.21. The summed E-state index contributed by atoms with van der Waals surface area (Å²) in [5.74, 6) is 0.204. The number of piperazine rings is 1. The summed E-state index contributed by atoms with van der Waals surface area (Å²) in [6, 6.07) is 8.88. The molecule has 2 aromatic rings. The third-order valence-corrected chi connectivity index (χ3v) is 6.51. The number of para-hydroxylation sites is 1. The SMILES string of the molecule is CC(=O)N1CCc2c(n(C)c3ccccc23)C1CCCN1CCN(C)CC1. The largest absolute Gasteiger partial charge is 0.346 e. The Labute approximate surface area is 162 Å². The number of rotatable bonds is 4.